The zero-order valence-electron chi connectivity index (χ0n) is 10.3. The number of hydrogen-bond acceptors (Lipinski definition) is 3. The number of nitrogens with two attached hydrogens (primary N) is 1. The maximum atomic E-state index is 11.6. The van der Waals surface area contributed by atoms with Gasteiger partial charge in [-0.25, -0.2) is 0 Å². The minimum atomic E-state index is -0.0750. The van der Waals surface area contributed by atoms with Crippen LogP contribution >= 0.6 is 0 Å². The third kappa shape index (κ3) is 6.40. The smallest absolute Gasteiger partial charge is 0.223 e. The van der Waals surface area contributed by atoms with Crippen LogP contribution in [-0.2, 0) is 9.59 Å². The van der Waals surface area contributed by atoms with Gasteiger partial charge in [0.25, 0.3) is 0 Å². The number of carbonyl (C=O) groups excluding carboxylic acids is 2. The molecule has 0 aromatic rings. The fraction of sp³-hybridized carbons (Fsp3) is 0.818. The highest BCUT2D eigenvalue weighted by atomic mass is 16.2. The summed E-state index contributed by atoms with van der Waals surface area (Å²) in [4.78, 5) is 24.6. The van der Waals surface area contributed by atoms with E-state index in [4.69, 9.17) is 5.73 Å². The second-order valence-corrected chi connectivity index (χ2v) is 3.56. The molecule has 0 aromatic heterocycles. The van der Waals surface area contributed by atoms with Gasteiger partial charge in [0.1, 0.15) is 0 Å². The molecule has 16 heavy (non-hydrogen) atoms. The van der Waals surface area contributed by atoms with Crippen LogP contribution < -0.4 is 11.1 Å². The lowest BCUT2D eigenvalue weighted by molar-refractivity contribution is -0.133. The number of nitrogens with zero attached hydrogens (tertiary/aromatic N) is 1. The summed E-state index contributed by atoms with van der Waals surface area (Å²) in [5.74, 6) is -0.0343. The Kier molecular flexibility index (Phi) is 8.52. The van der Waals surface area contributed by atoms with Gasteiger partial charge in [0.2, 0.25) is 11.8 Å². The lowest BCUT2D eigenvalue weighted by Crippen LogP contribution is -2.32. The first kappa shape index (κ1) is 14.9. The maximum absolute atomic E-state index is 11.6. The molecule has 94 valence electrons. The Morgan fingerprint density at radius 2 is 1.81 bits per heavy atom. The monoisotopic (exact) mass is 229 g/mol. The molecule has 2 amide bonds. The predicted octanol–water partition coefficient (Wildman–Crippen LogP) is 0.100. The highest BCUT2D eigenvalue weighted by Crippen LogP contribution is 1.97. The summed E-state index contributed by atoms with van der Waals surface area (Å²) in [5, 5.41) is 2.72. The van der Waals surface area contributed by atoms with E-state index < -0.39 is 0 Å². The topological polar surface area (TPSA) is 75.4 Å². The molecule has 0 rings (SSSR count). The van der Waals surface area contributed by atoms with Crippen LogP contribution in [0.4, 0.5) is 0 Å². The van der Waals surface area contributed by atoms with Crippen LogP contribution in [0.2, 0.25) is 0 Å². The second kappa shape index (κ2) is 9.15. The first-order chi connectivity index (χ1) is 7.65. The molecule has 0 aromatic carbocycles. The van der Waals surface area contributed by atoms with Gasteiger partial charge in [0, 0.05) is 32.5 Å². The first-order valence-corrected chi connectivity index (χ1v) is 5.90. The first-order valence-electron chi connectivity index (χ1n) is 5.90. The Balaban J connectivity index is 3.70. The standard InChI is InChI=1S/C11H23N3O2/c1-3-14(4-2)11(16)7-6-10(15)13-9-5-8-12/h3-9,12H2,1-2H3,(H,13,15). The van der Waals surface area contributed by atoms with Gasteiger partial charge in [-0.1, -0.05) is 0 Å². The van der Waals surface area contributed by atoms with Gasteiger partial charge in [0.15, 0.2) is 0 Å². The summed E-state index contributed by atoms with van der Waals surface area (Å²) < 4.78 is 0. The van der Waals surface area contributed by atoms with E-state index in [1.54, 1.807) is 4.90 Å². The molecule has 0 spiro atoms. The van der Waals surface area contributed by atoms with Crippen molar-refractivity contribution in [3.63, 3.8) is 0 Å². The minimum Gasteiger partial charge on any atom is -0.356 e. The summed E-state index contributed by atoms with van der Waals surface area (Å²) >= 11 is 0. The Morgan fingerprint density at radius 1 is 1.19 bits per heavy atom. The van der Waals surface area contributed by atoms with Crippen molar-refractivity contribution < 1.29 is 9.59 Å². The van der Waals surface area contributed by atoms with E-state index in [1.165, 1.54) is 0 Å². The van der Waals surface area contributed by atoms with Gasteiger partial charge in [-0.3, -0.25) is 9.59 Å². The molecule has 0 atom stereocenters. The fourth-order valence-corrected chi connectivity index (χ4v) is 1.37. The molecule has 0 unspecified atom stereocenters. The average Bonchev–Trinajstić information content (AvgIpc) is 2.28. The summed E-state index contributed by atoms with van der Waals surface area (Å²) in [6.07, 6.45) is 1.33. The van der Waals surface area contributed by atoms with Crippen LogP contribution in [0.3, 0.4) is 0 Å². The molecular weight excluding hydrogens is 206 g/mol. The Labute approximate surface area is 97.4 Å². The van der Waals surface area contributed by atoms with E-state index in [2.05, 4.69) is 5.32 Å². The van der Waals surface area contributed by atoms with Gasteiger partial charge in [0.05, 0.1) is 0 Å². The molecule has 0 heterocycles. The van der Waals surface area contributed by atoms with E-state index in [1.807, 2.05) is 13.8 Å². The van der Waals surface area contributed by atoms with Crippen molar-refractivity contribution in [2.24, 2.45) is 5.73 Å². The number of amides is 2. The molecule has 0 aliphatic rings. The lowest BCUT2D eigenvalue weighted by Gasteiger charge is -2.18. The van der Waals surface area contributed by atoms with Crippen LogP contribution in [0.25, 0.3) is 0 Å². The van der Waals surface area contributed by atoms with Crippen molar-refractivity contribution in [3.8, 4) is 0 Å². The highest BCUT2D eigenvalue weighted by Gasteiger charge is 2.11. The van der Waals surface area contributed by atoms with Crippen LogP contribution in [-0.4, -0.2) is 42.9 Å². The number of hydrogen-bond donors (Lipinski definition) is 2. The maximum Gasteiger partial charge on any atom is 0.223 e. The van der Waals surface area contributed by atoms with E-state index in [0.717, 1.165) is 6.42 Å². The highest BCUT2D eigenvalue weighted by molar-refractivity contribution is 5.83. The van der Waals surface area contributed by atoms with E-state index >= 15 is 0 Å². The van der Waals surface area contributed by atoms with Gasteiger partial charge in [-0.2, -0.15) is 0 Å². The van der Waals surface area contributed by atoms with Crippen LogP contribution in [0.15, 0.2) is 0 Å². The number of rotatable bonds is 8. The SMILES string of the molecule is CCN(CC)C(=O)CCC(=O)NCCCN. The van der Waals surface area contributed by atoms with Gasteiger partial charge < -0.3 is 16.0 Å². The van der Waals surface area contributed by atoms with Crippen LogP contribution in [0.5, 0.6) is 0 Å². The normalized spacial score (nSPS) is 9.94. The molecule has 5 heteroatoms. The summed E-state index contributed by atoms with van der Waals surface area (Å²) in [6, 6.07) is 0. The fourth-order valence-electron chi connectivity index (χ4n) is 1.37. The molecule has 0 fully saturated rings. The van der Waals surface area contributed by atoms with E-state index in [9.17, 15) is 9.59 Å². The van der Waals surface area contributed by atoms with E-state index in [-0.39, 0.29) is 24.7 Å². The van der Waals surface area contributed by atoms with E-state index in [0.29, 0.717) is 26.2 Å². The Bertz CT molecular complexity index is 215. The van der Waals surface area contributed by atoms with Crippen molar-refractivity contribution in [1.29, 1.82) is 0 Å². The molecule has 5 nitrogen and oxygen atoms in total. The quantitative estimate of drug-likeness (QED) is 0.580. The van der Waals surface area contributed by atoms with Crippen molar-refractivity contribution in [1.82, 2.24) is 10.2 Å². The summed E-state index contributed by atoms with van der Waals surface area (Å²) in [6.45, 7) is 6.42. The molecule has 0 saturated heterocycles. The summed E-state index contributed by atoms with van der Waals surface area (Å²) in [7, 11) is 0. The van der Waals surface area contributed by atoms with Crippen molar-refractivity contribution in [2.45, 2.75) is 33.1 Å². The van der Waals surface area contributed by atoms with Gasteiger partial charge >= 0.3 is 0 Å². The number of carbonyl (C=O) groups is 2. The van der Waals surface area contributed by atoms with Crippen LogP contribution in [0, 0.1) is 0 Å². The van der Waals surface area contributed by atoms with Crippen molar-refractivity contribution in [2.75, 3.05) is 26.2 Å². The second-order valence-electron chi connectivity index (χ2n) is 3.56. The minimum absolute atomic E-state index is 0.0407. The van der Waals surface area contributed by atoms with Crippen LogP contribution in [0.1, 0.15) is 33.1 Å². The van der Waals surface area contributed by atoms with Gasteiger partial charge in [-0.15, -0.1) is 0 Å². The largest absolute Gasteiger partial charge is 0.356 e. The number of nitrogens with one attached hydrogen (secondary N) is 1. The van der Waals surface area contributed by atoms with Crippen molar-refractivity contribution >= 4 is 11.8 Å². The molecule has 0 aliphatic carbocycles. The average molecular weight is 229 g/mol. The summed E-state index contributed by atoms with van der Waals surface area (Å²) in [5.41, 5.74) is 5.30. The molecule has 0 saturated carbocycles. The molecular formula is C11H23N3O2. The molecule has 0 aliphatic heterocycles. The zero-order chi connectivity index (χ0) is 12.4. The lowest BCUT2D eigenvalue weighted by atomic mass is 10.2. The molecule has 0 bridgehead atoms. The Morgan fingerprint density at radius 3 is 2.31 bits per heavy atom. The van der Waals surface area contributed by atoms with Gasteiger partial charge in [-0.05, 0) is 26.8 Å². The predicted molar refractivity (Wildman–Crippen MR) is 63.8 cm³/mol. The molecule has 0 radical (unpaired) electrons. The van der Waals surface area contributed by atoms with Crippen molar-refractivity contribution in [3.05, 3.63) is 0 Å². The zero-order valence-corrected chi connectivity index (χ0v) is 10.3. The Hall–Kier alpha value is -1.10. The molecule has 3 N–H and O–H groups in total. The third-order valence-corrected chi connectivity index (χ3v) is 2.39. The third-order valence-electron chi connectivity index (χ3n) is 2.39.